The summed E-state index contributed by atoms with van der Waals surface area (Å²) in [5, 5.41) is 0. The van der Waals surface area contributed by atoms with E-state index in [0.29, 0.717) is 19.6 Å². The lowest BCUT2D eigenvalue weighted by atomic mass is 10.3. The van der Waals surface area contributed by atoms with E-state index in [2.05, 4.69) is 15.5 Å². The average Bonchev–Trinajstić information content (AvgIpc) is 2.87. The van der Waals surface area contributed by atoms with Gasteiger partial charge in [0, 0.05) is 25.5 Å². The highest BCUT2D eigenvalue weighted by Crippen LogP contribution is 2.26. The summed E-state index contributed by atoms with van der Waals surface area (Å²) in [5.41, 5.74) is -5.76. The molecule has 1 aliphatic heterocycles. The van der Waals surface area contributed by atoms with E-state index in [9.17, 15) is 30.0 Å². The van der Waals surface area contributed by atoms with Crippen LogP contribution in [-0.4, -0.2) is 57.7 Å². The lowest BCUT2D eigenvalue weighted by molar-refractivity contribution is -0.0498. The number of unbranched alkanes of at least 4 members (excludes halogenated alkanes) is 2. The third-order valence-electron chi connectivity index (χ3n) is 3.22. The van der Waals surface area contributed by atoms with E-state index in [-0.39, 0.29) is 6.42 Å². The van der Waals surface area contributed by atoms with Crippen molar-refractivity contribution in [2.45, 2.75) is 38.1 Å². The van der Waals surface area contributed by atoms with Crippen LogP contribution in [0.25, 0.3) is 0 Å². The van der Waals surface area contributed by atoms with Crippen LogP contribution >= 0.6 is 0 Å². The number of rotatable bonds is 10. The lowest BCUT2D eigenvalue weighted by Crippen LogP contribution is -2.29. The van der Waals surface area contributed by atoms with Gasteiger partial charge in [-0.05, 0) is 19.3 Å². The Morgan fingerprint density at radius 1 is 1.00 bits per heavy atom. The van der Waals surface area contributed by atoms with Crippen LogP contribution in [0.4, 0.5) is 13.2 Å². The first-order chi connectivity index (χ1) is 11.0. The Hall–Kier alpha value is -1.01. The molecule has 1 heterocycles. The Bertz CT molecular complexity index is 632. The fourth-order valence-corrected chi connectivity index (χ4v) is 4.20. The van der Waals surface area contributed by atoms with E-state index in [4.69, 9.17) is 0 Å². The fraction of sp³-hybridized carbons (Fsp3) is 0.833. The van der Waals surface area contributed by atoms with Crippen LogP contribution in [0.5, 0.6) is 0 Å². The van der Waals surface area contributed by atoms with Crippen LogP contribution in [0.15, 0.2) is 12.4 Å². The van der Waals surface area contributed by atoms with Gasteiger partial charge < -0.3 is 9.80 Å². The maximum atomic E-state index is 12.1. The molecular weight excluding hydrogens is 373 g/mol. The first-order valence-electron chi connectivity index (χ1n) is 7.38. The van der Waals surface area contributed by atoms with Gasteiger partial charge in [0.15, 0.2) is 0 Å². The molecule has 0 aromatic rings. The molecule has 0 amide bonds. The van der Waals surface area contributed by atoms with E-state index in [1.54, 1.807) is 0 Å². The van der Waals surface area contributed by atoms with Crippen molar-refractivity contribution in [2.24, 2.45) is 0 Å². The topological polar surface area (TPSA) is 84.0 Å². The second kappa shape index (κ2) is 8.39. The van der Waals surface area contributed by atoms with E-state index >= 15 is 0 Å². The van der Waals surface area contributed by atoms with Crippen molar-refractivity contribution in [3.63, 3.8) is 0 Å². The summed E-state index contributed by atoms with van der Waals surface area (Å²) in [4.78, 5) is 4.04. The van der Waals surface area contributed by atoms with Gasteiger partial charge in [-0.3, -0.25) is 0 Å². The van der Waals surface area contributed by atoms with Gasteiger partial charge in [0.05, 0.1) is 12.4 Å². The molecule has 0 fully saturated rings. The third-order valence-corrected chi connectivity index (χ3v) is 6.12. The fourth-order valence-electron chi connectivity index (χ4n) is 1.97. The predicted molar refractivity (Wildman–Crippen MR) is 81.4 cm³/mol. The van der Waals surface area contributed by atoms with E-state index in [0.717, 1.165) is 19.4 Å². The lowest BCUT2D eigenvalue weighted by Gasteiger charge is -2.21. The van der Waals surface area contributed by atoms with Crippen molar-refractivity contribution in [1.82, 2.24) is 9.80 Å². The Morgan fingerprint density at radius 3 is 2.04 bits per heavy atom. The smallest absolute Gasteiger partial charge is 0.359 e. The van der Waals surface area contributed by atoms with Crippen LogP contribution in [0.2, 0.25) is 0 Å². The molecule has 0 aliphatic carbocycles. The van der Waals surface area contributed by atoms with Gasteiger partial charge in [-0.15, -0.1) is 3.63 Å². The quantitative estimate of drug-likeness (QED) is 0.413. The molecule has 0 bridgehead atoms. The second-order valence-corrected chi connectivity index (χ2v) is 8.79. The summed E-state index contributed by atoms with van der Waals surface area (Å²) in [6, 6.07) is 0. The van der Waals surface area contributed by atoms with Gasteiger partial charge in [0.2, 0.25) is 0 Å². The van der Waals surface area contributed by atoms with E-state index < -0.39 is 31.5 Å². The molecule has 0 atom stereocenters. The molecule has 0 aromatic heterocycles. The predicted octanol–water partition coefficient (Wildman–Crippen LogP) is 1.81. The largest absolute Gasteiger partial charge is 0.524 e. The first-order valence-corrected chi connectivity index (χ1v) is 10.4. The minimum atomic E-state index is -6.14. The van der Waals surface area contributed by atoms with E-state index in [1.165, 1.54) is 0 Å². The number of alkyl halides is 3. The van der Waals surface area contributed by atoms with Crippen molar-refractivity contribution in [1.29, 1.82) is 0 Å². The van der Waals surface area contributed by atoms with Crippen LogP contribution in [0.3, 0.4) is 0 Å². The highest BCUT2D eigenvalue weighted by atomic mass is 32.3. The molecule has 0 saturated carbocycles. The molecule has 12 heteroatoms. The van der Waals surface area contributed by atoms with E-state index in [1.807, 2.05) is 17.3 Å². The summed E-state index contributed by atoms with van der Waals surface area (Å²) in [6.07, 6.45) is 6.28. The number of hydrogen-bond acceptors (Lipinski definition) is 7. The average molecular weight is 394 g/mol. The van der Waals surface area contributed by atoms with Gasteiger partial charge in [-0.2, -0.15) is 30.0 Å². The maximum absolute atomic E-state index is 12.1. The number of hydrogen-bond donors (Lipinski definition) is 0. The molecule has 0 aromatic carbocycles. The van der Waals surface area contributed by atoms with Gasteiger partial charge in [-0.25, -0.2) is 0 Å². The van der Waals surface area contributed by atoms with Crippen molar-refractivity contribution >= 4 is 20.2 Å². The van der Waals surface area contributed by atoms with Gasteiger partial charge in [-0.1, -0.05) is 13.3 Å². The number of nitrogens with zero attached hydrogens (tertiary/aromatic N) is 2. The number of halogens is 3. The highest BCUT2D eigenvalue weighted by molar-refractivity contribution is 8.00. The molecule has 7 nitrogen and oxygen atoms in total. The zero-order chi connectivity index (χ0) is 18.4. The Kier molecular flexibility index (Phi) is 7.35. The Labute approximate surface area is 140 Å². The molecular formula is C12H21F3N2O5S2. The Balaban J connectivity index is 2.32. The van der Waals surface area contributed by atoms with Crippen LogP contribution in [0.1, 0.15) is 32.6 Å². The summed E-state index contributed by atoms with van der Waals surface area (Å²) in [7, 11) is -10.9. The molecule has 0 saturated heterocycles. The minimum absolute atomic E-state index is 0.00495. The summed E-state index contributed by atoms with van der Waals surface area (Å²) < 4.78 is 83.6. The van der Waals surface area contributed by atoms with Crippen molar-refractivity contribution in [2.75, 3.05) is 25.5 Å². The Morgan fingerprint density at radius 2 is 1.54 bits per heavy atom. The standard InChI is InChI=1S/C12H21F3N2O5S2/c1-2-3-6-16-8-9-17(11-16)7-4-5-10-23(18,19)22-24(20,21)12(13,14)15/h8-9H,2-7,10-11H2,1H3. The second-order valence-electron chi connectivity index (χ2n) is 5.35. The molecule has 142 valence electrons. The van der Waals surface area contributed by atoms with Crippen LogP contribution < -0.4 is 0 Å². The molecule has 0 spiro atoms. The minimum Gasteiger partial charge on any atom is -0.359 e. The van der Waals surface area contributed by atoms with Gasteiger partial charge in [0.1, 0.15) is 0 Å². The molecule has 0 N–H and O–H groups in total. The van der Waals surface area contributed by atoms with Crippen molar-refractivity contribution in [3.05, 3.63) is 12.4 Å². The SMILES string of the molecule is CCCCN1C=CN(CCCCS(=O)(=O)OS(=O)(=O)C(F)(F)F)C1. The molecule has 1 aliphatic rings. The highest BCUT2D eigenvalue weighted by Gasteiger charge is 2.50. The maximum Gasteiger partial charge on any atom is 0.524 e. The normalized spacial score (nSPS) is 16.2. The summed E-state index contributed by atoms with van der Waals surface area (Å²) in [6.45, 7) is 4.19. The zero-order valence-electron chi connectivity index (χ0n) is 13.2. The zero-order valence-corrected chi connectivity index (χ0v) is 14.8. The van der Waals surface area contributed by atoms with Gasteiger partial charge in [0.25, 0.3) is 10.1 Å². The van der Waals surface area contributed by atoms with Crippen LogP contribution in [-0.2, 0) is 23.9 Å². The molecule has 0 radical (unpaired) electrons. The third kappa shape index (κ3) is 6.85. The first kappa shape index (κ1) is 21.0. The van der Waals surface area contributed by atoms with Crippen LogP contribution in [0, 0.1) is 0 Å². The summed E-state index contributed by atoms with van der Waals surface area (Å²) >= 11 is 0. The molecule has 0 unspecified atom stereocenters. The summed E-state index contributed by atoms with van der Waals surface area (Å²) in [5.74, 6) is -0.792. The van der Waals surface area contributed by atoms with Gasteiger partial charge >= 0.3 is 15.6 Å². The monoisotopic (exact) mass is 394 g/mol. The molecule has 24 heavy (non-hydrogen) atoms. The molecule has 1 rings (SSSR count). The van der Waals surface area contributed by atoms with Crippen molar-refractivity contribution in [3.8, 4) is 0 Å². The van der Waals surface area contributed by atoms with Crippen molar-refractivity contribution < 1.29 is 33.6 Å².